The van der Waals surface area contributed by atoms with Crippen LogP contribution in [0.1, 0.15) is 30.0 Å². The number of pyridine rings is 1. The van der Waals surface area contributed by atoms with Crippen molar-refractivity contribution >= 4 is 20.7 Å². The summed E-state index contributed by atoms with van der Waals surface area (Å²) in [7, 11) is -3.39. The number of nitrogens with zero attached hydrogens (tertiary/aromatic N) is 2. The Morgan fingerprint density at radius 3 is 2.63 bits per heavy atom. The fourth-order valence-electron chi connectivity index (χ4n) is 3.34. The molecule has 2 heterocycles. The van der Waals surface area contributed by atoms with E-state index < -0.39 is 16.4 Å². The van der Waals surface area contributed by atoms with Gasteiger partial charge in [0.25, 0.3) is 0 Å². The van der Waals surface area contributed by atoms with Gasteiger partial charge in [-0.25, -0.2) is 13.4 Å². The molecule has 0 amide bonds. The van der Waals surface area contributed by atoms with Crippen LogP contribution in [0.4, 0.5) is 8.78 Å². The molecule has 9 heteroatoms. The first-order valence-corrected chi connectivity index (χ1v) is 10.3. The van der Waals surface area contributed by atoms with E-state index in [2.05, 4.69) is 19.9 Å². The standard InChI is InChI=1S/C18H17F2N3O3S/c1-9-7-11(5-6-13(9)27(2,24)25)14-15-12(8-21-17(14)26-18(19)20)22-23-16(15)10-3-4-10/h5-8,10,18H,3-4H2,1-2H3,(H,22,23). The Balaban J connectivity index is 1.98. The van der Waals surface area contributed by atoms with Gasteiger partial charge in [0.2, 0.25) is 5.88 Å². The highest BCUT2D eigenvalue weighted by Gasteiger charge is 2.31. The normalized spacial score (nSPS) is 14.9. The molecule has 4 rings (SSSR count). The van der Waals surface area contributed by atoms with E-state index in [1.807, 2.05) is 0 Å². The van der Waals surface area contributed by atoms with Gasteiger partial charge in [0.05, 0.1) is 27.9 Å². The number of ether oxygens (including phenoxy) is 1. The van der Waals surface area contributed by atoms with Crippen molar-refractivity contribution < 1.29 is 21.9 Å². The average Bonchev–Trinajstić information content (AvgIpc) is 3.32. The monoisotopic (exact) mass is 393 g/mol. The lowest BCUT2D eigenvalue weighted by Crippen LogP contribution is -2.06. The van der Waals surface area contributed by atoms with Gasteiger partial charge in [-0.1, -0.05) is 6.07 Å². The van der Waals surface area contributed by atoms with E-state index in [0.717, 1.165) is 24.8 Å². The third-order valence-corrected chi connectivity index (χ3v) is 5.88. The fourth-order valence-corrected chi connectivity index (χ4v) is 4.29. The number of halogens is 2. The van der Waals surface area contributed by atoms with Crippen molar-refractivity contribution in [3.8, 4) is 17.0 Å². The fraction of sp³-hybridized carbons (Fsp3) is 0.333. The minimum absolute atomic E-state index is 0.192. The summed E-state index contributed by atoms with van der Waals surface area (Å²) in [6.45, 7) is -1.36. The zero-order chi connectivity index (χ0) is 19.3. The van der Waals surface area contributed by atoms with Gasteiger partial charge in [-0.15, -0.1) is 0 Å². The predicted molar refractivity (Wildman–Crippen MR) is 95.8 cm³/mol. The van der Waals surface area contributed by atoms with E-state index in [9.17, 15) is 17.2 Å². The van der Waals surface area contributed by atoms with Crippen LogP contribution >= 0.6 is 0 Å². The van der Waals surface area contributed by atoms with Gasteiger partial charge in [-0.05, 0) is 43.0 Å². The summed E-state index contributed by atoms with van der Waals surface area (Å²) in [6.07, 6.45) is 4.52. The number of aromatic nitrogens is 3. The minimum Gasteiger partial charge on any atom is -0.416 e. The Labute approximate surface area is 154 Å². The van der Waals surface area contributed by atoms with Gasteiger partial charge in [-0.3, -0.25) is 5.10 Å². The number of sulfone groups is 1. The molecule has 0 radical (unpaired) electrons. The zero-order valence-electron chi connectivity index (χ0n) is 14.7. The molecule has 0 aliphatic heterocycles. The summed E-state index contributed by atoms with van der Waals surface area (Å²) < 4.78 is 54.3. The summed E-state index contributed by atoms with van der Waals surface area (Å²) in [6, 6.07) is 4.71. The maximum Gasteiger partial charge on any atom is 0.388 e. The van der Waals surface area contributed by atoms with E-state index >= 15 is 0 Å². The van der Waals surface area contributed by atoms with Gasteiger partial charge in [-0.2, -0.15) is 13.9 Å². The molecular weight excluding hydrogens is 376 g/mol. The Morgan fingerprint density at radius 2 is 2.04 bits per heavy atom. The SMILES string of the molecule is Cc1cc(-c2c(OC(F)F)ncc3[nH]nc(C4CC4)c23)ccc1S(C)(=O)=O. The van der Waals surface area contributed by atoms with Crippen LogP contribution < -0.4 is 4.74 Å². The number of hydrogen-bond acceptors (Lipinski definition) is 5. The second-order valence-corrected chi connectivity index (χ2v) is 8.73. The van der Waals surface area contributed by atoms with Crippen LogP contribution in [0.15, 0.2) is 29.3 Å². The number of aromatic amines is 1. The van der Waals surface area contributed by atoms with Gasteiger partial charge in [0.15, 0.2) is 9.84 Å². The Hall–Kier alpha value is -2.55. The first-order chi connectivity index (χ1) is 12.8. The number of hydrogen-bond donors (Lipinski definition) is 1. The van der Waals surface area contributed by atoms with Crippen molar-refractivity contribution in [1.82, 2.24) is 15.2 Å². The number of nitrogens with one attached hydrogen (secondary N) is 1. The van der Waals surface area contributed by atoms with Crippen LogP contribution in [-0.2, 0) is 9.84 Å². The van der Waals surface area contributed by atoms with Gasteiger partial charge in [0.1, 0.15) is 0 Å². The van der Waals surface area contributed by atoms with E-state index in [-0.39, 0.29) is 16.7 Å². The molecule has 1 aliphatic rings. The van der Waals surface area contributed by atoms with Gasteiger partial charge in [0, 0.05) is 17.6 Å². The Kier molecular flexibility index (Phi) is 4.14. The molecule has 1 N–H and O–H groups in total. The van der Waals surface area contributed by atoms with Crippen LogP contribution in [0, 0.1) is 6.92 Å². The molecule has 6 nitrogen and oxygen atoms in total. The second kappa shape index (κ2) is 6.26. The lowest BCUT2D eigenvalue weighted by Gasteiger charge is -2.13. The summed E-state index contributed by atoms with van der Waals surface area (Å²) in [4.78, 5) is 4.22. The Morgan fingerprint density at radius 1 is 1.30 bits per heavy atom. The third-order valence-electron chi connectivity index (χ3n) is 4.62. The highest BCUT2D eigenvalue weighted by atomic mass is 32.2. The predicted octanol–water partition coefficient (Wildman–Crippen LogP) is 3.82. The molecule has 0 bridgehead atoms. The van der Waals surface area contributed by atoms with E-state index in [1.165, 1.54) is 12.3 Å². The summed E-state index contributed by atoms with van der Waals surface area (Å²) in [5, 5.41) is 7.93. The average molecular weight is 393 g/mol. The molecule has 0 spiro atoms. The van der Waals surface area contributed by atoms with Crippen molar-refractivity contribution in [3.05, 3.63) is 35.7 Å². The van der Waals surface area contributed by atoms with E-state index in [4.69, 9.17) is 0 Å². The molecule has 27 heavy (non-hydrogen) atoms. The van der Waals surface area contributed by atoms with E-state index in [0.29, 0.717) is 27.6 Å². The molecule has 0 atom stereocenters. The van der Waals surface area contributed by atoms with Crippen LogP contribution in [-0.4, -0.2) is 36.5 Å². The molecule has 1 fully saturated rings. The first kappa shape index (κ1) is 17.8. The van der Waals surface area contributed by atoms with E-state index in [1.54, 1.807) is 19.1 Å². The molecule has 142 valence electrons. The molecule has 1 saturated carbocycles. The molecule has 1 aliphatic carbocycles. The minimum atomic E-state index is -3.39. The number of alkyl halides is 2. The number of rotatable bonds is 5. The maximum atomic E-state index is 12.9. The highest BCUT2D eigenvalue weighted by Crippen LogP contribution is 2.46. The maximum absolute atomic E-state index is 12.9. The van der Waals surface area contributed by atoms with Gasteiger partial charge >= 0.3 is 6.61 Å². The van der Waals surface area contributed by atoms with Gasteiger partial charge < -0.3 is 4.74 Å². The number of benzene rings is 1. The largest absolute Gasteiger partial charge is 0.416 e. The number of H-pyrrole nitrogens is 1. The number of fused-ring (bicyclic) bond motifs is 1. The quantitative estimate of drug-likeness (QED) is 0.712. The van der Waals surface area contributed by atoms with Crippen LogP contribution in [0.2, 0.25) is 0 Å². The van der Waals surface area contributed by atoms with Crippen molar-refractivity contribution in [3.63, 3.8) is 0 Å². The summed E-state index contributed by atoms with van der Waals surface area (Å²) in [5.74, 6) is 0.0722. The highest BCUT2D eigenvalue weighted by molar-refractivity contribution is 7.90. The summed E-state index contributed by atoms with van der Waals surface area (Å²) in [5.41, 5.74) is 2.89. The second-order valence-electron chi connectivity index (χ2n) is 6.74. The summed E-state index contributed by atoms with van der Waals surface area (Å²) >= 11 is 0. The number of aryl methyl sites for hydroxylation is 1. The smallest absolute Gasteiger partial charge is 0.388 e. The van der Waals surface area contributed by atoms with Crippen LogP contribution in [0.5, 0.6) is 5.88 Å². The van der Waals surface area contributed by atoms with Crippen molar-refractivity contribution in [1.29, 1.82) is 0 Å². The van der Waals surface area contributed by atoms with Crippen molar-refractivity contribution in [2.24, 2.45) is 0 Å². The lowest BCUT2D eigenvalue weighted by atomic mass is 9.99. The molecule has 2 aromatic heterocycles. The van der Waals surface area contributed by atoms with Crippen molar-refractivity contribution in [2.45, 2.75) is 37.2 Å². The molecule has 1 aromatic carbocycles. The molecule has 0 unspecified atom stereocenters. The molecule has 3 aromatic rings. The lowest BCUT2D eigenvalue weighted by molar-refractivity contribution is -0.0523. The van der Waals surface area contributed by atoms with Crippen LogP contribution in [0.25, 0.3) is 22.0 Å². The van der Waals surface area contributed by atoms with Crippen LogP contribution in [0.3, 0.4) is 0 Å². The first-order valence-electron chi connectivity index (χ1n) is 8.38. The third kappa shape index (κ3) is 3.27. The molecule has 0 saturated heterocycles. The Bertz CT molecular complexity index is 1140. The van der Waals surface area contributed by atoms with Crippen molar-refractivity contribution in [2.75, 3.05) is 6.26 Å². The molecular formula is C18H17F2N3O3S. The zero-order valence-corrected chi connectivity index (χ0v) is 15.5. The topological polar surface area (TPSA) is 84.9 Å².